The first kappa shape index (κ1) is 11.6. The molecule has 2 N–H and O–H groups in total. The largest absolute Gasteiger partial charge is 0.398 e. The predicted octanol–water partition coefficient (Wildman–Crippen LogP) is 2.74. The summed E-state index contributed by atoms with van der Waals surface area (Å²) in [5.74, 6) is -0.0452. The Kier molecular flexibility index (Phi) is 3.40. The Morgan fingerprint density at radius 3 is 2.76 bits per heavy atom. The molecule has 0 bridgehead atoms. The predicted molar refractivity (Wildman–Crippen MR) is 68.1 cm³/mol. The molecule has 17 heavy (non-hydrogen) atoms. The number of para-hydroxylation sites is 1. The van der Waals surface area contributed by atoms with Gasteiger partial charge in [0.1, 0.15) is 0 Å². The number of nitrogen functional groups attached to an aromatic ring is 1. The number of ketones is 1. The second kappa shape index (κ2) is 4.97. The van der Waals surface area contributed by atoms with Gasteiger partial charge in [0.2, 0.25) is 0 Å². The van der Waals surface area contributed by atoms with Gasteiger partial charge < -0.3 is 5.73 Å². The normalized spacial score (nSPS) is 10.2. The van der Waals surface area contributed by atoms with Crippen LogP contribution in [0.3, 0.4) is 0 Å². The Bertz CT molecular complexity index is 555. The van der Waals surface area contributed by atoms with E-state index in [4.69, 9.17) is 17.3 Å². The van der Waals surface area contributed by atoms with Gasteiger partial charge in [-0.15, -0.1) is 0 Å². The molecule has 4 heteroatoms. The topological polar surface area (TPSA) is 56.0 Å². The van der Waals surface area contributed by atoms with Gasteiger partial charge in [-0.3, -0.25) is 9.78 Å². The molecule has 0 aliphatic carbocycles. The van der Waals surface area contributed by atoms with Crippen molar-refractivity contribution in [3.05, 3.63) is 58.9 Å². The van der Waals surface area contributed by atoms with E-state index in [0.29, 0.717) is 16.3 Å². The van der Waals surface area contributed by atoms with Crippen LogP contribution in [0.25, 0.3) is 0 Å². The third-order valence-electron chi connectivity index (χ3n) is 2.47. The van der Waals surface area contributed by atoms with E-state index in [0.717, 1.165) is 5.56 Å². The quantitative estimate of drug-likeness (QED) is 0.669. The van der Waals surface area contributed by atoms with Crippen LogP contribution < -0.4 is 5.73 Å². The third-order valence-corrected chi connectivity index (χ3v) is 2.81. The molecule has 0 saturated heterocycles. The zero-order valence-electron chi connectivity index (χ0n) is 9.06. The number of carbonyl (C=O) groups is 1. The Morgan fingerprint density at radius 2 is 2.06 bits per heavy atom. The molecule has 0 spiro atoms. The molecule has 0 saturated carbocycles. The van der Waals surface area contributed by atoms with Gasteiger partial charge in [-0.2, -0.15) is 0 Å². The van der Waals surface area contributed by atoms with Crippen LogP contribution in [0.4, 0.5) is 5.69 Å². The Morgan fingerprint density at radius 1 is 1.29 bits per heavy atom. The van der Waals surface area contributed by atoms with Gasteiger partial charge in [0.25, 0.3) is 0 Å². The maximum atomic E-state index is 12.0. The van der Waals surface area contributed by atoms with Crippen LogP contribution in [0, 0.1) is 0 Å². The summed E-state index contributed by atoms with van der Waals surface area (Å²) < 4.78 is 0. The van der Waals surface area contributed by atoms with Gasteiger partial charge >= 0.3 is 0 Å². The molecular weight excluding hydrogens is 236 g/mol. The molecule has 0 aliphatic rings. The fourth-order valence-corrected chi connectivity index (χ4v) is 1.75. The smallest absolute Gasteiger partial charge is 0.169 e. The molecule has 0 atom stereocenters. The monoisotopic (exact) mass is 246 g/mol. The fourth-order valence-electron chi connectivity index (χ4n) is 1.57. The van der Waals surface area contributed by atoms with Crippen LogP contribution in [-0.2, 0) is 6.42 Å². The molecular formula is C13H11ClN2O. The summed E-state index contributed by atoms with van der Waals surface area (Å²) in [7, 11) is 0. The highest BCUT2D eigenvalue weighted by Crippen LogP contribution is 2.18. The number of rotatable bonds is 3. The summed E-state index contributed by atoms with van der Waals surface area (Å²) >= 11 is 5.95. The molecule has 0 radical (unpaired) electrons. The SMILES string of the molecule is Nc1ccccc1C(=O)Cc1ccncc1Cl. The van der Waals surface area contributed by atoms with Gasteiger partial charge in [-0.05, 0) is 23.8 Å². The first-order valence-electron chi connectivity index (χ1n) is 5.14. The van der Waals surface area contributed by atoms with Gasteiger partial charge in [0, 0.05) is 30.1 Å². The fraction of sp³-hybridized carbons (Fsp3) is 0.0769. The summed E-state index contributed by atoms with van der Waals surface area (Å²) in [4.78, 5) is 15.9. The molecule has 86 valence electrons. The first-order valence-corrected chi connectivity index (χ1v) is 5.52. The summed E-state index contributed by atoms with van der Waals surface area (Å²) in [6.07, 6.45) is 3.37. The van der Waals surface area contributed by atoms with Gasteiger partial charge in [0.15, 0.2) is 5.78 Å². The molecule has 1 aromatic heterocycles. The standard InChI is InChI=1S/C13H11ClN2O/c14-11-8-16-6-5-9(11)7-13(17)10-3-1-2-4-12(10)15/h1-6,8H,7,15H2. The van der Waals surface area contributed by atoms with E-state index in [-0.39, 0.29) is 12.2 Å². The number of Topliss-reactive ketones (excluding diaryl/α,β-unsaturated/α-hetero) is 1. The van der Waals surface area contributed by atoms with Crippen LogP contribution >= 0.6 is 11.6 Å². The highest BCUT2D eigenvalue weighted by Gasteiger charge is 2.11. The lowest BCUT2D eigenvalue weighted by atomic mass is 10.0. The van der Waals surface area contributed by atoms with Crippen molar-refractivity contribution in [1.29, 1.82) is 0 Å². The first-order chi connectivity index (χ1) is 8.18. The van der Waals surface area contributed by atoms with E-state index in [9.17, 15) is 4.79 Å². The van der Waals surface area contributed by atoms with Crippen LogP contribution in [-0.4, -0.2) is 10.8 Å². The van der Waals surface area contributed by atoms with E-state index in [1.54, 1.807) is 36.5 Å². The van der Waals surface area contributed by atoms with Crippen LogP contribution in [0.5, 0.6) is 0 Å². The lowest BCUT2D eigenvalue weighted by molar-refractivity contribution is 0.0994. The summed E-state index contributed by atoms with van der Waals surface area (Å²) in [6, 6.07) is 8.75. The number of anilines is 1. The molecule has 0 amide bonds. The van der Waals surface area contributed by atoms with Crippen LogP contribution in [0.1, 0.15) is 15.9 Å². The number of hydrogen-bond acceptors (Lipinski definition) is 3. The molecule has 2 aromatic rings. The second-order valence-electron chi connectivity index (χ2n) is 3.65. The van der Waals surface area contributed by atoms with Crippen LogP contribution in [0.15, 0.2) is 42.7 Å². The van der Waals surface area contributed by atoms with E-state index in [1.807, 2.05) is 0 Å². The molecule has 0 fully saturated rings. The number of pyridine rings is 1. The lowest BCUT2D eigenvalue weighted by Gasteiger charge is -2.05. The van der Waals surface area contributed by atoms with Crippen molar-refractivity contribution in [2.45, 2.75) is 6.42 Å². The molecule has 1 aromatic carbocycles. The lowest BCUT2D eigenvalue weighted by Crippen LogP contribution is -2.07. The highest BCUT2D eigenvalue weighted by atomic mass is 35.5. The summed E-state index contributed by atoms with van der Waals surface area (Å²) in [5, 5.41) is 0.496. The zero-order chi connectivity index (χ0) is 12.3. The minimum atomic E-state index is -0.0452. The van der Waals surface area contributed by atoms with E-state index in [1.165, 1.54) is 6.20 Å². The number of halogens is 1. The minimum Gasteiger partial charge on any atom is -0.398 e. The second-order valence-corrected chi connectivity index (χ2v) is 4.06. The zero-order valence-corrected chi connectivity index (χ0v) is 9.82. The Hall–Kier alpha value is -1.87. The molecule has 3 nitrogen and oxygen atoms in total. The van der Waals surface area contributed by atoms with Crippen molar-refractivity contribution >= 4 is 23.1 Å². The molecule has 1 heterocycles. The highest BCUT2D eigenvalue weighted by molar-refractivity contribution is 6.31. The molecule has 0 unspecified atom stereocenters. The number of nitrogens with zero attached hydrogens (tertiary/aromatic N) is 1. The van der Waals surface area contributed by atoms with Crippen molar-refractivity contribution in [2.75, 3.05) is 5.73 Å². The molecule has 2 rings (SSSR count). The van der Waals surface area contributed by atoms with E-state index >= 15 is 0 Å². The number of benzene rings is 1. The van der Waals surface area contributed by atoms with Gasteiger partial charge in [-0.25, -0.2) is 0 Å². The number of hydrogen-bond donors (Lipinski definition) is 1. The summed E-state index contributed by atoms with van der Waals surface area (Å²) in [6.45, 7) is 0. The summed E-state index contributed by atoms with van der Waals surface area (Å²) in [5.41, 5.74) is 7.52. The Balaban J connectivity index is 2.24. The number of aromatic nitrogens is 1. The van der Waals surface area contributed by atoms with Gasteiger partial charge in [0.05, 0.1) is 5.02 Å². The van der Waals surface area contributed by atoms with Crippen molar-refractivity contribution in [2.24, 2.45) is 0 Å². The van der Waals surface area contributed by atoms with Crippen molar-refractivity contribution < 1.29 is 4.79 Å². The van der Waals surface area contributed by atoms with Crippen LogP contribution in [0.2, 0.25) is 5.02 Å². The van der Waals surface area contributed by atoms with Crippen molar-refractivity contribution in [3.8, 4) is 0 Å². The van der Waals surface area contributed by atoms with Gasteiger partial charge in [-0.1, -0.05) is 23.7 Å². The maximum Gasteiger partial charge on any atom is 0.169 e. The maximum absolute atomic E-state index is 12.0. The van der Waals surface area contributed by atoms with Crippen molar-refractivity contribution in [1.82, 2.24) is 4.98 Å². The molecule has 0 aliphatic heterocycles. The van der Waals surface area contributed by atoms with E-state index < -0.39 is 0 Å². The minimum absolute atomic E-state index is 0.0452. The average Bonchev–Trinajstić information content (AvgIpc) is 2.32. The van der Waals surface area contributed by atoms with E-state index in [2.05, 4.69) is 4.98 Å². The van der Waals surface area contributed by atoms with Crippen molar-refractivity contribution in [3.63, 3.8) is 0 Å². The Labute approximate surface area is 104 Å². The average molecular weight is 247 g/mol. The number of carbonyl (C=O) groups excluding carboxylic acids is 1. The third kappa shape index (κ3) is 2.63. The number of nitrogens with two attached hydrogens (primary N) is 1.